The van der Waals surface area contributed by atoms with Crippen LogP contribution in [0.2, 0.25) is 0 Å². The van der Waals surface area contributed by atoms with Crippen molar-refractivity contribution in [2.24, 2.45) is 0 Å². The number of aromatic nitrogens is 2. The van der Waals surface area contributed by atoms with E-state index in [0.717, 1.165) is 0 Å². The molecule has 22 heavy (non-hydrogen) atoms. The highest BCUT2D eigenvalue weighted by atomic mass is 16.1. The van der Waals surface area contributed by atoms with Crippen LogP contribution in [0.25, 0.3) is 0 Å². The fourth-order valence-corrected chi connectivity index (χ4v) is 1.94. The highest BCUT2D eigenvalue weighted by Gasteiger charge is 2.14. The summed E-state index contributed by atoms with van der Waals surface area (Å²) in [5, 5.41) is 2.80. The number of benzene rings is 1. The summed E-state index contributed by atoms with van der Waals surface area (Å²) in [5.74, 6) is 0.439. The van der Waals surface area contributed by atoms with Crippen LogP contribution < -0.4 is 10.2 Å². The first-order valence-corrected chi connectivity index (χ1v) is 7.18. The molecule has 116 valence electrons. The van der Waals surface area contributed by atoms with Gasteiger partial charge in [-0.05, 0) is 23.1 Å². The molecule has 0 unspecified atom stereocenters. The standard InChI is InChI=1S/C17H22N4O/c1-17(2,3)13-8-6-12(7-9-13)15(22)20-14-10-18-16(19-11-14)21(4)5/h6-11H,1-5H3,(H,20,22). The van der Waals surface area contributed by atoms with E-state index >= 15 is 0 Å². The number of carbonyl (C=O) groups is 1. The SMILES string of the molecule is CN(C)c1ncc(NC(=O)c2ccc(C(C)(C)C)cc2)cn1. The molecule has 0 aliphatic heterocycles. The molecule has 0 aliphatic rings. The lowest BCUT2D eigenvalue weighted by Crippen LogP contribution is -2.16. The van der Waals surface area contributed by atoms with Crippen LogP contribution >= 0.6 is 0 Å². The maximum atomic E-state index is 12.2. The molecule has 0 saturated carbocycles. The monoisotopic (exact) mass is 298 g/mol. The number of anilines is 2. The van der Waals surface area contributed by atoms with Gasteiger partial charge in [0.2, 0.25) is 5.95 Å². The Kier molecular flexibility index (Phi) is 4.45. The number of nitrogens with one attached hydrogen (secondary N) is 1. The second kappa shape index (κ2) is 6.13. The van der Waals surface area contributed by atoms with Crippen molar-refractivity contribution in [3.05, 3.63) is 47.8 Å². The van der Waals surface area contributed by atoms with E-state index in [4.69, 9.17) is 0 Å². The Hall–Kier alpha value is -2.43. The summed E-state index contributed by atoms with van der Waals surface area (Å²) in [5.41, 5.74) is 2.47. The zero-order chi connectivity index (χ0) is 16.3. The molecule has 2 rings (SSSR count). The summed E-state index contributed by atoms with van der Waals surface area (Å²) in [7, 11) is 3.73. The van der Waals surface area contributed by atoms with Crippen molar-refractivity contribution < 1.29 is 4.79 Å². The van der Waals surface area contributed by atoms with E-state index in [0.29, 0.717) is 17.2 Å². The molecule has 1 amide bonds. The van der Waals surface area contributed by atoms with Crippen molar-refractivity contribution in [2.75, 3.05) is 24.3 Å². The molecule has 5 heteroatoms. The predicted molar refractivity (Wildman–Crippen MR) is 89.5 cm³/mol. The third-order valence-corrected chi connectivity index (χ3v) is 3.31. The molecular formula is C17H22N4O. The van der Waals surface area contributed by atoms with E-state index in [2.05, 4.69) is 36.1 Å². The fraction of sp³-hybridized carbons (Fsp3) is 0.353. The van der Waals surface area contributed by atoms with Crippen LogP contribution in [0, 0.1) is 0 Å². The van der Waals surface area contributed by atoms with Crippen molar-refractivity contribution in [1.29, 1.82) is 0 Å². The summed E-state index contributed by atoms with van der Waals surface area (Å²) in [6.45, 7) is 6.43. The Morgan fingerprint density at radius 3 is 2.05 bits per heavy atom. The molecule has 0 saturated heterocycles. The van der Waals surface area contributed by atoms with Crippen molar-refractivity contribution in [3.8, 4) is 0 Å². The Balaban J connectivity index is 2.09. The Labute approximate surface area is 131 Å². The first-order valence-electron chi connectivity index (χ1n) is 7.18. The molecule has 0 radical (unpaired) electrons. The first kappa shape index (κ1) is 15.9. The van der Waals surface area contributed by atoms with Gasteiger partial charge in [-0.3, -0.25) is 4.79 Å². The minimum atomic E-state index is -0.165. The van der Waals surface area contributed by atoms with E-state index in [-0.39, 0.29) is 11.3 Å². The molecule has 0 aliphatic carbocycles. The van der Waals surface area contributed by atoms with Gasteiger partial charge in [-0.2, -0.15) is 0 Å². The highest BCUT2D eigenvalue weighted by molar-refractivity contribution is 6.04. The van der Waals surface area contributed by atoms with Gasteiger partial charge in [0.15, 0.2) is 0 Å². The summed E-state index contributed by atoms with van der Waals surface area (Å²) in [6.07, 6.45) is 3.20. The van der Waals surface area contributed by atoms with Crippen LogP contribution in [-0.4, -0.2) is 30.0 Å². The summed E-state index contributed by atoms with van der Waals surface area (Å²) >= 11 is 0. The Morgan fingerprint density at radius 1 is 1.05 bits per heavy atom. The molecule has 1 heterocycles. The molecule has 0 spiro atoms. The van der Waals surface area contributed by atoms with Gasteiger partial charge in [-0.1, -0.05) is 32.9 Å². The molecule has 5 nitrogen and oxygen atoms in total. The van der Waals surface area contributed by atoms with Gasteiger partial charge in [-0.15, -0.1) is 0 Å². The van der Waals surface area contributed by atoms with Gasteiger partial charge in [0.05, 0.1) is 18.1 Å². The maximum Gasteiger partial charge on any atom is 0.255 e. The van der Waals surface area contributed by atoms with Gasteiger partial charge < -0.3 is 10.2 Å². The maximum absolute atomic E-state index is 12.2. The predicted octanol–water partition coefficient (Wildman–Crippen LogP) is 3.09. The van der Waals surface area contributed by atoms with E-state index < -0.39 is 0 Å². The number of carbonyl (C=O) groups excluding carboxylic acids is 1. The van der Waals surface area contributed by atoms with E-state index in [9.17, 15) is 4.79 Å². The third kappa shape index (κ3) is 3.81. The van der Waals surface area contributed by atoms with Crippen molar-refractivity contribution in [2.45, 2.75) is 26.2 Å². The van der Waals surface area contributed by atoms with Gasteiger partial charge in [0, 0.05) is 19.7 Å². The largest absolute Gasteiger partial charge is 0.347 e. The highest BCUT2D eigenvalue weighted by Crippen LogP contribution is 2.22. The van der Waals surface area contributed by atoms with E-state index in [1.165, 1.54) is 5.56 Å². The lowest BCUT2D eigenvalue weighted by Gasteiger charge is -2.19. The molecule has 0 bridgehead atoms. The molecule has 2 aromatic rings. The average molecular weight is 298 g/mol. The van der Waals surface area contributed by atoms with E-state index in [1.54, 1.807) is 17.3 Å². The fourth-order valence-electron chi connectivity index (χ4n) is 1.94. The van der Waals surface area contributed by atoms with Gasteiger partial charge in [0.25, 0.3) is 5.91 Å². The van der Waals surface area contributed by atoms with Crippen LogP contribution in [0.3, 0.4) is 0 Å². The van der Waals surface area contributed by atoms with Gasteiger partial charge >= 0.3 is 0 Å². The van der Waals surface area contributed by atoms with Crippen molar-refractivity contribution >= 4 is 17.5 Å². The van der Waals surface area contributed by atoms with Crippen LogP contribution in [-0.2, 0) is 5.41 Å². The van der Waals surface area contributed by atoms with Gasteiger partial charge in [-0.25, -0.2) is 9.97 Å². The number of nitrogens with zero attached hydrogens (tertiary/aromatic N) is 3. The van der Waals surface area contributed by atoms with Gasteiger partial charge in [0.1, 0.15) is 0 Å². The normalized spacial score (nSPS) is 11.1. The zero-order valence-electron chi connectivity index (χ0n) is 13.7. The smallest absolute Gasteiger partial charge is 0.255 e. The molecule has 1 aromatic heterocycles. The molecular weight excluding hydrogens is 276 g/mol. The lowest BCUT2D eigenvalue weighted by atomic mass is 9.87. The molecule has 0 atom stereocenters. The minimum Gasteiger partial charge on any atom is -0.347 e. The second-order valence-electron chi connectivity index (χ2n) is 6.45. The Bertz CT molecular complexity index is 640. The lowest BCUT2D eigenvalue weighted by molar-refractivity contribution is 0.102. The van der Waals surface area contributed by atoms with Crippen LogP contribution in [0.4, 0.5) is 11.6 Å². The van der Waals surface area contributed by atoms with Crippen LogP contribution in [0.5, 0.6) is 0 Å². The average Bonchev–Trinajstić information content (AvgIpc) is 2.47. The van der Waals surface area contributed by atoms with E-state index in [1.807, 2.05) is 38.4 Å². The van der Waals surface area contributed by atoms with Crippen LogP contribution in [0.15, 0.2) is 36.7 Å². The van der Waals surface area contributed by atoms with Crippen molar-refractivity contribution in [3.63, 3.8) is 0 Å². The summed E-state index contributed by atoms with van der Waals surface area (Å²) in [4.78, 5) is 22.4. The van der Waals surface area contributed by atoms with Crippen molar-refractivity contribution in [1.82, 2.24) is 9.97 Å². The summed E-state index contributed by atoms with van der Waals surface area (Å²) < 4.78 is 0. The number of hydrogen-bond acceptors (Lipinski definition) is 4. The van der Waals surface area contributed by atoms with Crippen LogP contribution in [0.1, 0.15) is 36.7 Å². The molecule has 0 fully saturated rings. The minimum absolute atomic E-state index is 0.0743. The third-order valence-electron chi connectivity index (χ3n) is 3.31. The second-order valence-corrected chi connectivity index (χ2v) is 6.45. The zero-order valence-corrected chi connectivity index (χ0v) is 13.7. The summed E-state index contributed by atoms with van der Waals surface area (Å²) in [6, 6.07) is 7.65. The topological polar surface area (TPSA) is 58.1 Å². The first-order chi connectivity index (χ1) is 10.3. The Morgan fingerprint density at radius 2 is 1.59 bits per heavy atom. The quantitative estimate of drug-likeness (QED) is 0.946. The molecule has 1 aromatic carbocycles. The number of hydrogen-bond donors (Lipinski definition) is 1. The molecule has 1 N–H and O–H groups in total. The number of rotatable bonds is 3. The number of amides is 1.